The highest BCUT2D eigenvalue weighted by molar-refractivity contribution is 4.85. The molecule has 11 heavy (non-hydrogen) atoms. The largest absolute Gasteiger partial charge is 0.483 e. The van der Waals surface area contributed by atoms with Crippen LogP contribution in [0.3, 0.4) is 0 Å². The molecule has 1 aliphatic rings. The Kier molecular flexibility index (Phi) is 2.80. The third-order valence-electron chi connectivity index (χ3n) is 2.37. The second-order valence-electron chi connectivity index (χ2n) is 3.27. The van der Waals surface area contributed by atoms with Crippen molar-refractivity contribution >= 4 is 0 Å². The van der Waals surface area contributed by atoms with Crippen molar-refractivity contribution in [1.29, 1.82) is 0 Å². The van der Waals surface area contributed by atoms with Crippen LogP contribution in [0.25, 0.3) is 0 Å². The average Bonchev–Trinajstić information content (AvgIpc) is 2.05. The molecule has 0 aromatic rings. The van der Waals surface area contributed by atoms with Crippen LogP contribution in [0, 0.1) is 5.92 Å². The highest BCUT2D eigenvalue weighted by Crippen LogP contribution is 2.18. The summed E-state index contributed by atoms with van der Waals surface area (Å²) in [6.45, 7) is 8.33. The Morgan fingerprint density at radius 2 is 2.00 bits per heavy atom. The molecule has 0 bridgehead atoms. The van der Waals surface area contributed by atoms with Crippen LogP contribution in [0.2, 0.25) is 0 Å². The Morgan fingerprint density at radius 3 is 2.45 bits per heavy atom. The van der Waals surface area contributed by atoms with Crippen LogP contribution in [-0.2, 0) is 4.74 Å². The first kappa shape index (κ1) is 8.44. The Hall–Kier alpha value is -0.660. The van der Waals surface area contributed by atoms with Crippen LogP contribution in [0.15, 0.2) is 12.5 Å². The number of ether oxygens (including phenoxy) is 1. The maximum atomic E-state index is 5.06. The summed E-state index contributed by atoms with van der Waals surface area (Å²) in [5, 5.41) is 0. The van der Waals surface area contributed by atoms with Gasteiger partial charge in [0.05, 0.1) is 7.11 Å². The summed E-state index contributed by atoms with van der Waals surface area (Å²) in [6.07, 6.45) is 2.53. The maximum absolute atomic E-state index is 5.06. The van der Waals surface area contributed by atoms with E-state index in [2.05, 4.69) is 18.4 Å². The Morgan fingerprint density at radius 1 is 1.45 bits per heavy atom. The molecule has 0 aromatic heterocycles. The van der Waals surface area contributed by atoms with Gasteiger partial charge in [0.2, 0.25) is 0 Å². The Bertz CT molecular complexity index is 136. The van der Waals surface area contributed by atoms with E-state index >= 15 is 0 Å². The first-order valence-corrected chi connectivity index (χ1v) is 4.22. The van der Waals surface area contributed by atoms with E-state index in [4.69, 9.17) is 4.74 Å². The normalized spacial score (nSPS) is 20.0. The minimum atomic E-state index is 0.817. The predicted molar refractivity (Wildman–Crippen MR) is 46.1 cm³/mol. The number of hydrogen-bond acceptors (Lipinski definition) is 2. The molecule has 2 nitrogen and oxygen atoms in total. The van der Waals surface area contributed by atoms with Crippen LogP contribution >= 0.6 is 0 Å². The van der Waals surface area contributed by atoms with Gasteiger partial charge in [-0.2, -0.15) is 0 Å². The topological polar surface area (TPSA) is 12.5 Å². The Labute approximate surface area is 68.8 Å². The summed E-state index contributed by atoms with van der Waals surface area (Å²) in [7, 11) is 1.68. The second kappa shape index (κ2) is 3.65. The summed E-state index contributed by atoms with van der Waals surface area (Å²) in [5.74, 6) is 1.69. The maximum Gasteiger partial charge on any atom is 0.181 e. The lowest BCUT2D eigenvalue weighted by Crippen LogP contribution is -2.32. The first-order chi connectivity index (χ1) is 5.24. The number of nitrogens with zero attached hydrogens (tertiary/aromatic N) is 1. The molecule has 1 aliphatic heterocycles. The number of likely N-dealkylation sites (tertiary alicyclic amines) is 1. The molecule has 0 saturated carbocycles. The van der Waals surface area contributed by atoms with E-state index in [1.165, 1.54) is 12.8 Å². The van der Waals surface area contributed by atoms with Crippen molar-refractivity contribution in [3.05, 3.63) is 12.5 Å². The van der Waals surface area contributed by atoms with Crippen molar-refractivity contribution in [2.45, 2.75) is 19.8 Å². The van der Waals surface area contributed by atoms with Gasteiger partial charge in [-0.15, -0.1) is 0 Å². The van der Waals surface area contributed by atoms with E-state index in [9.17, 15) is 0 Å². The molecule has 1 rings (SSSR count). The van der Waals surface area contributed by atoms with Crippen LogP contribution in [0.1, 0.15) is 19.8 Å². The molecule has 1 saturated heterocycles. The number of hydrogen-bond donors (Lipinski definition) is 0. The van der Waals surface area contributed by atoms with Gasteiger partial charge in [0.25, 0.3) is 0 Å². The molecule has 0 N–H and O–H groups in total. The van der Waals surface area contributed by atoms with Crippen molar-refractivity contribution in [2.24, 2.45) is 5.92 Å². The van der Waals surface area contributed by atoms with Gasteiger partial charge in [-0.1, -0.05) is 6.92 Å². The molecule has 0 spiro atoms. The monoisotopic (exact) mass is 155 g/mol. The van der Waals surface area contributed by atoms with Crippen molar-refractivity contribution in [3.8, 4) is 0 Å². The fourth-order valence-corrected chi connectivity index (χ4v) is 1.39. The highest BCUT2D eigenvalue weighted by atomic mass is 16.5. The highest BCUT2D eigenvalue weighted by Gasteiger charge is 2.16. The number of methoxy groups -OCH3 is 1. The van der Waals surface area contributed by atoms with Crippen molar-refractivity contribution in [2.75, 3.05) is 20.2 Å². The predicted octanol–water partition coefficient (Wildman–Crippen LogP) is 1.84. The molecule has 0 aliphatic carbocycles. The van der Waals surface area contributed by atoms with E-state index in [1.807, 2.05) is 0 Å². The lowest BCUT2D eigenvalue weighted by molar-refractivity contribution is 0.122. The summed E-state index contributed by atoms with van der Waals surface area (Å²) in [5.41, 5.74) is 0. The van der Waals surface area contributed by atoms with E-state index in [0.717, 1.165) is 24.9 Å². The van der Waals surface area contributed by atoms with Gasteiger partial charge < -0.3 is 9.64 Å². The molecule has 0 unspecified atom stereocenters. The quantitative estimate of drug-likeness (QED) is 0.564. The second-order valence-corrected chi connectivity index (χ2v) is 3.27. The molecule has 64 valence electrons. The first-order valence-electron chi connectivity index (χ1n) is 4.22. The average molecular weight is 155 g/mol. The SMILES string of the molecule is C=C(OC)N1CCC(C)CC1. The zero-order valence-electron chi connectivity index (χ0n) is 7.47. The molecular weight excluding hydrogens is 138 g/mol. The van der Waals surface area contributed by atoms with Gasteiger partial charge >= 0.3 is 0 Å². The lowest BCUT2D eigenvalue weighted by atomic mass is 10.00. The minimum absolute atomic E-state index is 0.817. The fraction of sp³-hybridized carbons (Fsp3) is 0.778. The van der Waals surface area contributed by atoms with Crippen molar-refractivity contribution < 1.29 is 4.74 Å². The van der Waals surface area contributed by atoms with Crippen molar-refractivity contribution in [3.63, 3.8) is 0 Å². The number of piperidine rings is 1. The molecule has 0 amide bonds. The smallest absolute Gasteiger partial charge is 0.181 e. The summed E-state index contributed by atoms with van der Waals surface area (Å²) in [6, 6.07) is 0. The van der Waals surface area contributed by atoms with Gasteiger partial charge in [0, 0.05) is 13.1 Å². The van der Waals surface area contributed by atoms with Crippen LogP contribution in [-0.4, -0.2) is 25.1 Å². The van der Waals surface area contributed by atoms with Crippen molar-refractivity contribution in [1.82, 2.24) is 4.90 Å². The molecule has 0 radical (unpaired) electrons. The lowest BCUT2D eigenvalue weighted by Gasteiger charge is -2.31. The van der Waals surface area contributed by atoms with Crippen LogP contribution in [0.4, 0.5) is 0 Å². The number of rotatable bonds is 2. The van der Waals surface area contributed by atoms with Crippen LogP contribution in [0.5, 0.6) is 0 Å². The summed E-state index contributed by atoms with van der Waals surface area (Å²) >= 11 is 0. The molecule has 1 fully saturated rings. The summed E-state index contributed by atoms with van der Waals surface area (Å²) in [4.78, 5) is 2.21. The Balaban J connectivity index is 2.33. The molecule has 0 atom stereocenters. The fourth-order valence-electron chi connectivity index (χ4n) is 1.39. The molecule has 0 aromatic carbocycles. The van der Waals surface area contributed by atoms with Gasteiger partial charge in [0.15, 0.2) is 5.88 Å². The third kappa shape index (κ3) is 2.14. The standard InChI is InChI=1S/C9H17NO/c1-8-4-6-10(7-5-8)9(2)11-3/h8H,2,4-7H2,1,3H3. The third-order valence-corrected chi connectivity index (χ3v) is 2.37. The minimum Gasteiger partial charge on any atom is -0.483 e. The van der Waals surface area contributed by atoms with Gasteiger partial charge in [-0.3, -0.25) is 0 Å². The molecule has 2 heteroatoms. The van der Waals surface area contributed by atoms with E-state index in [-0.39, 0.29) is 0 Å². The van der Waals surface area contributed by atoms with Crippen LogP contribution < -0.4 is 0 Å². The molecule has 1 heterocycles. The van der Waals surface area contributed by atoms with E-state index in [1.54, 1.807) is 7.11 Å². The van der Waals surface area contributed by atoms with E-state index < -0.39 is 0 Å². The zero-order valence-corrected chi connectivity index (χ0v) is 7.47. The van der Waals surface area contributed by atoms with E-state index in [0.29, 0.717) is 0 Å². The van der Waals surface area contributed by atoms with Gasteiger partial charge in [0.1, 0.15) is 0 Å². The molecular formula is C9H17NO. The van der Waals surface area contributed by atoms with Gasteiger partial charge in [-0.05, 0) is 25.3 Å². The summed E-state index contributed by atoms with van der Waals surface area (Å²) < 4.78 is 5.06. The zero-order chi connectivity index (χ0) is 8.27. The van der Waals surface area contributed by atoms with Gasteiger partial charge in [-0.25, -0.2) is 0 Å².